The van der Waals surface area contributed by atoms with Crippen LogP contribution in [-0.4, -0.2) is 58.1 Å². The highest BCUT2D eigenvalue weighted by Crippen LogP contribution is 2.27. The minimum Gasteiger partial charge on any atom is -0.406 e. The van der Waals surface area contributed by atoms with Crippen LogP contribution in [-0.2, 0) is 11.2 Å². The number of alkyl halides is 3. The van der Waals surface area contributed by atoms with Crippen LogP contribution in [0.25, 0.3) is 11.3 Å². The molecule has 0 saturated carbocycles. The summed E-state index contributed by atoms with van der Waals surface area (Å²) in [6.45, 7) is 0.436. The van der Waals surface area contributed by atoms with Crippen molar-refractivity contribution in [2.24, 2.45) is 0 Å². The second-order valence-corrected chi connectivity index (χ2v) is 7.83. The Morgan fingerprint density at radius 1 is 1.09 bits per heavy atom. The SMILES string of the molecule is CO[C@H]1CC[C@H](Cc2ccccc2)N(C(=O)n2cc(-c3ccc(OC(F)(F)F)cc3)nn2)C1. The molecule has 10 heteroatoms. The lowest BCUT2D eigenvalue weighted by Gasteiger charge is -2.38. The van der Waals surface area contributed by atoms with E-state index < -0.39 is 6.36 Å². The van der Waals surface area contributed by atoms with Crippen LogP contribution in [0.1, 0.15) is 18.4 Å². The van der Waals surface area contributed by atoms with Gasteiger partial charge in [-0.3, -0.25) is 0 Å². The van der Waals surface area contributed by atoms with Crippen molar-refractivity contribution < 1.29 is 27.4 Å². The van der Waals surface area contributed by atoms with Crippen molar-refractivity contribution >= 4 is 6.03 Å². The van der Waals surface area contributed by atoms with E-state index in [1.807, 2.05) is 30.3 Å². The summed E-state index contributed by atoms with van der Waals surface area (Å²) in [5.41, 5.74) is 2.01. The Kier molecular flexibility index (Phi) is 6.64. The fourth-order valence-electron chi connectivity index (χ4n) is 3.97. The lowest BCUT2D eigenvalue weighted by atomic mass is 9.94. The lowest BCUT2D eigenvalue weighted by Crippen LogP contribution is -2.51. The van der Waals surface area contributed by atoms with E-state index in [0.29, 0.717) is 24.2 Å². The summed E-state index contributed by atoms with van der Waals surface area (Å²) >= 11 is 0. The fourth-order valence-corrected chi connectivity index (χ4v) is 3.97. The van der Waals surface area contributed by atoms with Gasteiger partial charge in [-0.1, -0.05) is 35.5 Å². The molecule has 1 aromatic heterocycles. The predicted molar refractivity (Wildman–Crippen MR) is 114 cm³/mol. The third-order valence-electron chi connectivity index (χ3n) is 5.63. The van der Waals surface area contributed by atoms with Crippen LogP contribution in [0.4, 0.5) is 18.0 Å². The zero-order valence-electron chi connectivity index (χ0n) is 17.9. The Hall–Kier alpha value is -3.40. The molecule has 1 aliphatic rings. The van der Waals surface area contributed by atoms with E-state index in [9.17, 15) is 18.0 Å². The summed E-state index contributed by atoms with van der Waals surface area (Å²) in [7, 11) is 1.63. The second kappa shape index (κ2) is 9.62. The van der Waals surface area contributed by atoms with Gasteiger partial charge in [-0.05, 0) is 49.1 Å². The van der Waals surface area contributed by atoms with Crippen molar-refractivity contribution in [3.63, 3.8) is 0 Å². The largest absolute Gasteiger partial charge is 0.573 e. The van der Waals surface area contributed by atoms with Crippen molar-refractivity contribution in [3.8, 4) is 17.0 Å². The first-order chi connectivity index (χ1) is 15.8. The molecule has 0 radical (unpaired) electrons. The van der Waals surface area contributed by atoms with E-state index in [4.69, 9.17) is 4.74 Å². The van der Waals surface area contributed by atoms with Crippen LogP contribution in [0.5, 0.6) is 5.75 Å². The average molecular weight is 460 g/mol. The van der Waals surface area contributed by atoms with Crippen molar-refractivity contribution in [2.75, 3.05) is 13.7 Å². The van der Waals surface area contributed by atoms with Crippen molar-refractivity contribution in [1.82, 2.24) is 19.9 Å². The predicted octanol–water partition coefficient (Wildman–Crippen LogP) is 4.53. The molecule has 1 saturated heterocycles. The minimum absolute atomic E-state index is 0.0160. The maximum atomic E-state index is 13.3. The number of hydrogen-bond acceptors (Lipinski definition) is 5. The van der Waals surface area contributed by atoms with E-state index in [2.05, 4.69) is 15.0 Å². The first-order valence-corrected chi connectivity index (χ1v) is 10.5. The van der Waals surface area contributed by atoms with Gasteiger partial charge >= 0.3 is 12.4 Å². The van der Waals surface area contributed by atoms with Gasteiger partial charge in [0, 0.05) is 25.3 Å². The van der Waals surface area contributed by atoms with Gasteiger partial charge in [0.2, 0.25) is 0 Å². The van der Waals surface area contributed by atoms with Gasteiger partial charge in [-0.2, -0.15) is 4.68 Å². The Morgan fingerprint density at radius 3 is 2.48 bits per heavy atom. The molecule has 0 aliphatic carbocycles. The molecule has 4 rings (SSSR count). The molecule has 0 bridgehead atoms. The number of carbonyl (C=O) groups is 1. The molecular formula is C23H23F3N4O3. The highest BCUT2D eigenvalue weighted by Gasteiger charge is 2.33. The van der Waals surface area contributed by atoms with Gasteiger partial charge < -0.3 is 14.4 Å². The zero-order valence-corrected chi connectivity index (χ0v) is 17.9. The molecule has 2 atom stereocenters. The van der Waals surface area contributed by atoms with Gasteiger partial charge in [0.25, 0.3) is 0 Å². The molecule has 2 heterocycles. The topological polar surface area (TPSA) is 69.5 Å². The number of nitrogens with zero attached hydrogens (tertiary/aromatic N) is 4. The third kappa shape index (κ3) is 5.70. The van der Waals surface area contributed by atoms with E-state index in [1.54, 1.807) is 12.0 Å². The summed E-state index contributed by atoms with van der Waals surface area (Å²) in [6.07, 6.45) is -0.996. The van der Waals surface area contributed by atoms with Crippen LogP contribution in [0, 0.1) is 0 Å². The molecule has 1 aliphatic heterocycles. The van der Waals surface area contributed by atoms with Crippen LogP contribution in [0.3, 0.4) is 0 Å². The molecule has 2 aromatic carbocycles. The number of benzene rings is 2. The zero-order chi connectivity index (χ0) is 23.4. The maximum Gasteiger partial charge on any atom is 0.573 e. The number of methoxy groups -OCH3 is 1. The number of piperidine rings is 1. The van der Waals surface area contributed by atoms with Gasteiger partial charge in [0.05, 0.1) is 12.3 Å². The third-order valence-corrected chi connectivity index (χ3v) is 5.63. The first-order valence-electron chi connectivity index (χ1n) is 10.5. The lowest BCUT2D eigenvalue weighted by molar-refractivity contribution is -0.274. The van der Waals surface area contributed by atoms with Gasteiger partial charge in [-0.15, -0.1) is 18.3 Å². The summed E-state index contributed by atoms with van der Waals surface area (Å²) in [6, 6.07) is 14.9. The molecule has 0 unspecified atom stereocenters. The fraction of sp³-hybridized carbons (Fsp3) is 0.348. The van der Waals surface area contributed by atoms with Gasteiger partial charge in [-0.25, -0.2) is 4.79 Å². The average Bonchev–Trinajstić information content (AvgIpc) is 3.29. The Bertz CT molecular complexity index is 1070. The standard InChI is InChI=1S/C23H23F3N4O3/c1-32-20-12-9-18(13-16-5-3-2-4-6-16)29(14-20)22(31)30-15-21(27-28-30)17-7-10-19(11-8-17)33-23(24,25)26/h2-8,10-11,15,18,20H,9,12-14H2,1H3/t18-,20+/m1/s1. The molecule has 3 aromatic rings. The molecule has 1 fully saturated rings. The summed E-state index contributed by atoms with van der Waals surface area (Å²) in [5.74, 6) is -0.336. The molecule has 33 heavy (non-hydrogen) atoms. The number of rotatable bonds is 5. The van der Waals surface area contributed by atoms with E-state index in [0.717, 1.165) is 23.1 Å². The minimum atomic E-state index is -4.76. The maximum absolute atomic E-state index is 13.3. The van der Waals surface area contributed by atoms with E-state index >= 15 is 0 Å². The number of hydrogen-bond donors (Lipinski definition) is 0. The van der Waals surface area contributed by atoms with Gasteiger partial charge in [0.15, 0.2) is 0 Å². The number of amides is 1. The van der Waals surface area contributed by atoms with Crippen LogP contribution in [0.15, 0.2) is 60.8 Å². The van der Waals surface area contributed by atoms with Crippen LogP contribution in [0.2, 0.25) is 0 Å². The first kappa shape index (κ1) is 22.8. The molecule has 0 N–H and O–H groups in total. The normalized spacial score (nSPS) is 18.8. The molecule has 0 spiro atoms. The van der Waals surface area contributed by atoms with Crippen molar-refractivity contribution in [1.29, 1.82) is 0 Å². The number of likely N-dealkylation sites (tertiary alicyclic amines) is 1. The quantitative estimate of drug-likeness (QED) is 0.560. The smallest absolute Gasteiger partial charge is 0.406 e. The van der Waals surface area contributed by atoms with E-state index in [-0.39, 0.29) is 23.9 Å². The summed E-state index contributed by atoms with van der Waals surface area (Å²) < 4.78 is 47.6. The van der Waals surface area contributed by atoms with Crippen molar-refractivity contribution in [2.45, 2.75) is 37.8 Å². The summed E-state index contributed by atoms with van der Waals surface area (Å²) in [4.78, 5) is 15.1. The van der Waals surface area contributed by atoms with Crippen LogP contribution >= 0.6 is 0 Å². The highest BCUT2D eigenvalue weighted by atomic mass is 19.4. The molecule has 174 valence electrons. The molecule has 7 nitrogen and oxygen atoms in total. The number of aromatic nitrogens is 3. The van der Waals surface area contributed by atoms with Crippen LogP contribution < -0.4 is 4.74 Å². The Morgan fingerprint density at radius 2 is 1.82 bits per heavy atom. The van der Waals surface area contributed by atoms with E-state index in [1.165, 1.54) is 30.5 Å². The number of halogens is 3. The number of ether oxygens (including phenoxy) is 2. The summed E-state index contributed by atoms with van der Waals surface area (Å²) in [5, 5.41) is 7.99. The highest BCUT2D eigenvalue weighted by molar-refractivity contribution is 5.77. The monoisotopic (exact) mass is 460 g/mol. The second-order valence-electron chi connectivity index (χ2n) is 7.83. The molecular weight excluding hydrogens is 437 g/mol. The molecule has 1 amide bonds. The Balaban J connectivity index is 1.51. The van der Waals surface area contributed by atoms with Crippen molar-refractivity contribution in [3.05, 3.63) is 66.4 Å². The van der Waals surface area contributed by atoms with Gasteiger partial charge in [0.1, 0.15) is 11.4 Å². The Labute approximate surface area is 188 Å². The number of carbonyl (C=O) groups excluding carboxylic acids is 1.